The van der Waals surface area contributed by atoms with Gasteiger partial charge in [0, 0.05) is 18.8 Å². The highest BCUT2D eigenvalue weighted by atomic mass is 15.3. The summed E-state index contributed by atoms with van der Waals surface area (Å²) in [5.41, 5.74) is 1.73. The van der Waals surface area contributed by atoms with E-state index in [4.69, 9.17) is 5.10 Å². The van der Waals surface area contributed by atoms with Crippen LogP contribution in [0, 0.1) is 5.41 Å². The first-order chi connectivity index (χ1) is 9.69. The third kappa shape index (κ3) is 3.85. The van der Waals surface area contributed by atoms with Gasteiger partial charge in [-0.25, -0.2) is 0 Å². The molecule has 1 aromatic rings. The first-order valence-corrected chi connectivity index (χ1v) is 8.44. The molecule has 1 fully saturated rings. The number of hydrogen-bond acceptors (Lipinski definition) is 2. The summed E-state index contributed by atoms with van der Waals surface area (Å²) < 4.78 is 2.14. The molecule has 20 heavy (non-hydrogen) atoms. The van der Waals surface area contributed by atoms with Gasteiger partial charge in [-0.15, -0.1) is 0 Å². The van der Waals surface area contributed by atoms with Crippen LogP contribution < -0.4 is 5.32 Å². The lowest BCUT2D eigenvalue weighted by Gasteiger charge is -2.37. The van der Waals surface area contributed by atoms with E-state index in [0.717, 1.165) is 25.9 Å². The first kappa shape index (κ1) is 15.6. The SMILES string of the molecule is CCNCC1(Cc2ccn(C(C)CC)n2)CCCCC1. The third-order valence-corrected chi connectivity index (χ3v) is 4.93. The van der Waals surface area contributed by atoms with E-state index >= 15 is 0 Å². The second kappa shape index (κ2) is 7.26. The van der Waals surface area contributed by atoms with Crippen LogP contribution in [0.4, 0.5) is 0 Å². The lowest BCUT2D eigenvalue weighted by Crippen LogP contribution is -2.38. The molecule has 3 heteroatoms. The van der Waals surface area contributed by atoms with Crippen LogP contribution in [-0.4, -0.2) is 22.9 Å². The second-order valence-electron chi connectivity index (χ2n) is 6.56. The van der Waals surface area contributed by atoms with Crippen molar-refractivity contribution < 1.29 is 0 Å². The van der Waals surface area contributed by atoms with Gasteiger partial charge in [-0.05, 0) is 50.6 Å². The molecule has 1 N–H and O–H groups in total. The maximum atomic E-state index is 4.82. The van der Waals surface area contributed by atoms with Crippen molar-refractivity contribution in [1.82, 2.24) is 15.1 Å². The molecule has 0 spiro atoms. The second-order valence-corrected chi connectivity index (χ2v) is 6.56. The maximum Gasteiger partial charge on any atom is 0.0630 e. The highest BCUT2D eigenvalue weighted by Gasteiger charge is 2.32. The Labute approximate surface area is 124 Å². The minimum absolute atomic E-state index is 0.447. The third-order valence-electron chi connectivity index (χ3n) is 4.93. The Morgan fingerprint density at radius 3 is 2.70 bits per heavy atom. The normalized spacial score (nSPS) is 19.9. The van der Waals surface area contributed by atoms with Crippen molar-refractivity contribution in [2.24, 2.45) is 5.41 Å². The molecule has 0 aromatic carbocycles. The summed E-state index contributed by atoms with van der Waals surface area (Å²) in [7, 11) is 0. The number of rotatable bonds is 7. The van der Waals surface area contributed by atoms with Gasteiger partial charge in [0.05, 0.1) is 5.69 Å². The molecule has 1 aliphatic rings. The van der Waals surface area contributed by atoms with Crippen molar-refractivity contribution in [2.45, 2.75) is 71.8 Å². The molecule has 1 saturated carbocycles. The zero-order valence-electron chi connectivity index (χ0n) is 13.5. The summed E-state index contributed by atoms with van der Waals surface area (Å²) in [6.45, 7) is 8.89. The van der Waals surface area contributed by atoms with Crippen LogP contribution in [0.1, 0.15) is 71.0 Å². The fourth-order valence-corrected chi connectivity index (χ4v) is 3.40. The molecule has 1 atom stereocenters. The van der Waals surface area contributed by atoms with Gasteiger partial charge in [0.1, 0.15) is 0 Å². The van der Waals surface area contributed by atoms with Gasteiger partial charge >= 0.3 is 0 Å². The zero-order valence-corrected chi connectivity index (χ0v) is 13.5. The highest BCUT2D eigenvalue weighted by Crippen LogP contribution is 2.38. The van der Waals surface area contributed by atoms with Crippen molar-refractivity contribution in [3.63, 3.8) is 0 Å². The van der Waals surface area contributed by atoms with E-state index in [1.165, 1.54) is 37.8 Å². The lowest BCUT2D eigenvalue weighted by atomic mass is 9.71. The summed E-state index contributed by atoms with van der Waals surface area (Å²) in [6.07, 6.45) is 11.3. The first-order valence-electron chi connectivity index (χ1n) is 8.44. The Morgan fingerprint density at radius 1 is 1.30 bits per heavy atom. The summed E-state index contributed by atoms with van der Waals surface area (Å²) >= 11 is 0. The van der Waals surface area contributed by atoms with E-state index in [1.54, 1.807) is 0 Å². The molecule has 1 aromatic heterocycles. The van der Waals surface area contributed by atoms with Crippen LogP contribution in [-0.2, 0) is 6.42 Å². The van der Waals surface area contributed by atoms with Crippen molar-refractivity contribution in [3.8, 4) is 0 Å². The van der Waals surface area contributed by atoms with E-state index in [2.05, 4.69) is 43.0 Å². The zero-order chi connectivity index (χ0) is 14.4. The Kier molecular flexibility index (Phi) is 5.64. The van der Waals surface area contributed by atoms with Crippen molar-refractivity contribution in [2.75, 3.05) is 13.1 Å². The maximum absolute atomic E-state index is 4.82. The van der Waals surface area contributed by atoms with Gasteiger partial charge in [-0.3, -0.25) is 4.68 Å². The van der Waals surface area contributed by atoms with Gasteiger partial charge in [-0.1, -0.05) is 33.1 Å². The van der Waals surface area contributed by atoms with Gasteiger partial charge in [0.15, 0.2) is 0 Å². The van der Waals surface area contributed by atoms with Crippen LogP contribution in [0.3, 0.4) is 0 Å². The predicted octanol–water partition coefficient (Wildman–Crippen LogP) is 3.96. The van der Waals surface area contributed by atoms with Gasteiger partial charge in [0.25, 0.3) is 0 Å². The topological polar surface area (TPSA) is 29.9 Å². The minimum Gasteiger partial charge on any atom is -0.316 e. The van der Waals surface area contributed by atoms with E-state index in [0.29, 0.717) is 11.5 Å². The van der Waals surface area contributed by atoms with Crippen molar-refractivity contribution >= 4 is 0 Å². The molecule has 1 unspecified atom stereocenters. The van der Waals surface area contributed by atoms with Crippen LogP contribution in [0.2, 0.25) is 0 Å². The minimum atomic E-state index is 0.447. The highest BCUT2D eigenvalue weighted by molar-refractivity contribution is 5.05. The summed E-state index contributed by atoms with van der Waals surface area (Å²) in [5, 5.41) is 8.40. The van der Waals surface area contributed by atoms with Gasteiger partial charge in [0.2, 0.25) is 0 Å². The summed E-state index contributed by atoms with van der Waals surface area (Å²) in [4.78, 5) is 0. The smallest absolute Gasteiger partial charge is 0.0630 e. The summed E-state index contributed by atoms with van der Waals surface area (Å²) in [6, 6.07) is 2.74. The monoisotopic (exact) mass is 277 g/mol. The molecule has 114 valence electrons. The molecule has 0 bridgehead atoms. The standard InChI is InChI=1S/C17H31N3/c1-4-15(3)20-12-9-16(19-20)13-17(14-18-5-2)10-7-6-8-11-17/h9,12,15,18H,4-8,10-11,13-14H2,1-3H3. The number of aromatic nitrogens is 2. The summed E-state index contributed by atoms with van der Waals surface area (Å²) in [5.74, 6) is 0. The Balaban J connectivity index is 2.05. The van der Waals surface area contributed by atoms with Gasteiger partial charge in [-0.2, -0.15) is 5.10 Å². The number of hydrogen-bond donors (Lipinski definition) is 1. The van der Waals surface area contributed by atoms with Crippen LogP contribution in [0.5, 0.6) is 0 Å². The number of nitrogens with zero attached hydrogens (tertiary/aromatic N) is 2. The van der Waals surface area contributed by atoms with Crippen LogP contribution in [0.25, 0.3) is 0 Å². The van der Waals surface area contributed by atoms with E-state index in [9.17, 15) is 0 Å². The van der Waals surface area contributed by atoms with E-state index < -0.39 is 0 Å². The Morgan fingerprint density at radius 2 is 2.05 bits per heavy atom. The van der Waals surface area contributed by atoms with Gasteiger partial charge < -0.3 is 5.32 Å². The Hall–Kier alpha value is -0.830. The molecule has 2 rings (SSSR count). The predicted molar refractivity (Wildman–Crippen MR) is 85.0 cm³/mol. The molecule has 1 heterocycles. The fraction of sp³-hybridized carbons (Fsp3) is 0.824. The average molecular weight is 277 g/mol. The van der Waals surface area contributed by atoms with Crippen LogP contribution >= 0.6 is 0 Å². The van der Waals surface area contributed by atoms with Crippen molar-refractivity contribution in [1.29, 1.82) is 0 Å². The molecule has 0 aliphatic heterocycles. The molecule has 0 radical (unpaired) electrons. The van der Waals surface area contributed by atoms with Crippen molar-refractivity contribution in [3.05, 3.63) is 18.0 Å². The van der Waals surface area contributed by atoms with E-state index in [1.807, 2.05) is 0 Å². The largest absolute Gasteiger partial charge is 0.316 e. The van der Waals surface area contributed by atoms with Crippen LogP contribution in [0.15, 0.2) is 12.3 Å². The Bertz CT molecular complexity index is 391. The molecule has 1 aliphatic carbocycles. The molecule has 0 saturated heterocycles. The quantitative estimate of drug-likeness (QED) is 0.817. The molecule has 3 nitrogen and oxygen atoms in total. The molecule has 0 amide bonds. The molecular weight excluding hydrogens is 246 g/mol. The van der Waals surface area contributed by atoms with E-state index in [-0.39, 0.29) is 0 Å². The number of nitrogens with one attached hydrogen (secondary N) is 1. The lowest BCUT2D eigenvalue weighted by molar-refractivity contribution is 0.180. The molecular formula is C17H31N3. The average Bonchev–Trinajstić information content (AvgIpc) is 2.93. The fourth-order valence-electron chi connectivity index (χ4n) is 3.40.